The Morgan fingerprint density at radius 2 is 1.79 bits per heavy atom. The van der Waals surface area contributed by atoms with Gasteiger partial charge in [0.15, 0.2) is 9.84 Å². The average molecular weight is 484 g/mol. The van der Waals surface area contributed by atoms with Gasteiger partial charge in [0.1, 0.15) is 6.10 Å². The zero-order valence-electron chi connectivity index (χ0n) is 17.7. The Hall–Kier alpha value is -2.92. The van der Waals surface area contributed by atoms with Crippen molar-refractivity contribution >= 4 is 33.0 Å². The maximum absolute atomic E-state index is 13.6. The van der Waals surface area contributed by atoms with Gasteiger partial charge in [-0.05, 0) is 50.1 Å². The van der Waals surface area contributed by atoms with E-state index in [2.05, 4.69) is 10.6 Å². The topological polar surface area (TPSA) is 102 Å². The van der Waals surface area contributed by atoms with Gasteiger partial charge in [-0.1, -0.05) is 17.7 Å². The second-order valence-corrected chi connectivity index (χ2v) is 9.79. The van der Waals surface area contributed by atoms with E-state index < -0.39 is 57.4 Å². The minimum atomic E-state index is -4.82. The molecule has 0 aromatic heterocycles. The van der Waals surface area contributed by atoms with E-state index in [1.807, 2.05) is 0 Å². The van der Waals surface area contributed by atoms with E-state index in [4.69, 9.17) is 4.74 Å². The van der Waals surface area contributed by atoms with Crippen molar-refractivity contribution in [1.29, 1.82) is 0 Å². The van der Waals surface area contributed by atoms with Crippen molar-refractivity contribution in [1.82, 2.24) is 0 Å². The normalized spacial score (nSPS) is 16.4. The van der Waals surface area contributed by atoms with Crippen molar-refractivity contribution in [3.05, 3.63) is 53.6 Å². The predicted molar refractivity (Wildman–Crippen MR) is 116 cm³/mol. The number of carbonyl (C=O) groups excluding carboxylic acids is 2. The second kappa shape index (κ2) is 9.92. The lowest BCUT2D eigenvalue weighted by Crippen LogP contribution is -2.27. The van der Waals surface area contributed by atoms with Crippen molar-refractivity contribution in [2.45, 2.75) is 43.4 Å². The van der Waals surface area contributed by atoms with Crippen molar-refractivity contribution in [2.24, 2.45) is 0 Å². The molecule has 3 rings (SSSR count). The molecule has 7 nitrogen and oxygen atoms in total. The highest BCUT2D eigenvalue weighted by Crippen LogP contribution is 2.37. The van der Waals surface area contributed by atoms with Crippen molar-refractivity contribution < 1.29 is 35.9 Å². The molecule has 1 saturated heterocycles. The molecule has 11 heteroatoms. The van der Waals surface area contributed by atoms with Crippen LogP contribution in [-0.2, 0) is 30.3 Å². The summed E-state index contributed by atoms with van der Waals surface area (Å²) in [4.78, 5) is 24.4. The lowest BCUT2D eigenvalue weighted by atomic mass is 10.1. The van der Waals surface area contributed by atoms with Crippen LogP contribution in [0, 0.1) is 6.92 Å². The molecular formula is C22H23F3N2O5S. The molecule has 0 spiro atoms. The molecule has 0 aliphatic carbocycles. The molecule has 1 heterocycles. The fourth-order valence-electron chi connectivity index (χ4n) is 3.28. The van der Waals surface area contributed by atoms with Gasteiger partial charge in [-0.2, -0.15) is 13.2 Å². The molecule has 0 radical (unpaired) electrons. The first-order valence-electron chi connectivity index (χ1n) is 10.2. The van der Waals surface area contributed by atoms with Crippen LogP contribution in [0.5, 0.6) is 0 Å². The fourth-order valence-corrected chi connectivity index (χ4v) is 4.52. The molecule has 2 N–H and O–H groups in total. The standard InChI is InChI=1S/C22H23F3N2O5S/c1-14-4-7-16(8-5-14)33(30,31)12-10-20(28)27-18-9-6-15(13-17(18)22(23,24)25)26-21(29)19-3-2-11-32-19/h4-9,13,19H,2-3,10-12H2,1H3,(H,26,29)(H,27,28). The summed E-state index contributed by atoms with van der Waals surface area (Å²) < 4.78 is 70.6. The number of hydrogen-bond acceptors (Lipinski definition) is 5. The Morgan fingerprint density at radius 3 is 2.39 bits per heavy atom. The van der Waals surface area contributed by atoms with Gasteiger partial charge in [0.25, 0.3) is 5.91 Å². The van der Waals surface area contributed by atoms with Crippen molar-refractivity contribution in [3.63, 3.8) is 0 Å². The summed E-state index contributed by atoms with van der Waals surface area (Å²) in [7, 11) is -3.77. The largest absolute Gasteiger partial charge is 0.418 e. The van der Waals surface area contributed by atoms with Gasteiger partial charge in [0.2, 0.25) is 5.91 Å². The molecule has 0 saturated carbocycles. The molecule has 2 amide bonds. The number of nitrogens with one attached hydrogen (secondary N) is 2. The third-order valence-electron chi connectivity index (χ3n) is 5.07. The number of anilines is 2. The van der Waals surface area contributed by atoms with Gasteiger partial charge < -0.3 is 15.4 Å². The van der Waals surface area contributed by atoms with E-state index >= 15 is 0 Å². The zero-order chi connectivity index (χ0) is 24.2. The van der Waals surface area contributed by atoms with Crippen LogP contribution in [0.1, 0.15) is 30.4 Å². The van der Waals surface area contributed by atoms with E-state index in [0.717, 1.165) is 11.6 Å². The van der Waals surface area contributed by atoms with Crippen LogP contribution in [0.25, 0.3) is 0 Å². The van der Waals surface area contributed by atoms with Gasteiger partial charge in [0.05, 0.1) is 21.9 Å². The van der Waals surface area contributed by atoms with Crippen LogP contribution in [-0.4, -0.2) is 38.7 Å². The lowest BCUT2D eigenvalue weighted by Gasteiger charge is -2.17. The average Bonchev–Trinajstić information content (AvgIpc) is 3.28. The summed E-state index contributed by atoms with van der Waals surface area (Å²) in [5.41, 5.74) is -0.928. The van der Waals surface area contributed by atoms with Gasteiger partial charge in [-0.25, -0.2) is 8.42 Å². The number of alkyl halides is 3. The Balaban J connectivity index is 1.69. The fraction of sp³-hybridized carbons (Fsp3) is 0.364. The molecule has 1 fully saturated rings. The van der Waals surface area contributed by atoms with Crippen LogP contribution < -0.4 is 10.6 Å². The van der Waals surface area contributed by atoms with Crippen molar-refractivity contribution in [2.75, 3.05) is 23.0 Å². The van der Waals surface area contributed by atoms with Crippen molar-refractivity contribution in [3.8, 4) is 0 Å². The number of carbonyl (C=O) groups is 2. The second-order valence-electron chi connectivity index (χ2n) is 7.68. The Bertz CT molecular complexity index is 1130. The number of benzene rings is 2. The molecule has 33 heavy (non-hydrogen) atoms. The van der Waals surface area contributed by atoms with Crippen LogP contribution in [0.3, 0.4) is 0 Å². The summed E-state index contributed by atoms with van der Waals surface area (Å²) in [6.45, 7) is 2.21. The van der Waals surface area contributed by atoms with E-state index in [9.17, 15) is 31.2 Å². The number of sulfone groups is 1. The zero-order valence-corrected chi connectivity index (χ0v) is 18.6. The molecule has 1 unspecified atom stereocenters. The van der Waals surface area contributed by atoms with Gasteiger partial charge in [-0.3, -0.25) is 9.59 Å². The van der Waals surface area contributed by atoms with E-state index in [-0.39, 0.29) is 10.6 Å². The SMILES string of the molecule is Cc1ccc(S(=O)(=O)CCC(=O)Nc2ccc(NC(=O)C3CCCO3)cc2C(F)(F)F)cc1. The monoisotopic (exact) mass is 484 g/mol. The van der Waals surface area contributed by atoms with E-state index in [1.165, 1.54) is 18.2 Å². The van der Waals surface area contributed by atoms with Crippen LogP contribution in [0.15, 0.2) is 47.4 Å². The first-order valence-corrected chi connectivity index (χ1v) is 11.8. The molecule has 0 bridgehead atoms. The Morgan fingerprint density at radius 1 is 1.09 bits per heavy atom. The first-order chi connectivity index (χ1) is 15.5. The maximum Gasteiger partial charge on any atom is 0.418 e. The third kappa shape index (κ3) is 6.55. The number of hydrogen-bond donors (Lipinski definition) is 2. The summed E-state index contributed by atoms with van der Waals surface area (Å²) in [5.74, 6) is -1.98. The number of aryl methyl sites for hydroxylation is 1. The third-order valence-corrected chi connectivity index (χ3v) is 6.80. The van der Waals surface area contributed by atoms with Gasteiger partial charge in [-0.15, -0.1) is 0 Å². The van der Waals surface area contributed by atoms with Crippen LogP contribution in [0.2, 0.25) is 0 Å². The summed E-state index contributed by atoms with van der Waals surface area (Å²) in [5, 5.41) is 4.51. The molecule has 2 aromatic rings. The summed E-state index contributed by atoms with van der Waals surface area (Å²) in [6.07, 6.45) is -4.88. The molecule has 1 aliphatic heterocycles. The minimum absolute atomic E-state index is 0.0308. The summed E-state index contributed by atoms with van der Waals surface area (Å²) >= 11 is 0. The lowest BCUT2D eigenvalue weighted by molar-refractivity contribution is -0.137. The van der Waals surface area contributed by atoms with Crippen LogP contribution >= 0.6 is 0 Å². The van der Waals surface area contributed by atoms with Crippen LogP contribution in [0.4, 0.5) is 24.5 Å². The van der Waals surface area contributed by atoms with Gasteiger partial charge in [0, 0.05) is 18.7 Å². The molecule has 2 aromatic carbocycles. The molecule has 1 atom stereocenters. The number of amides is 2. The summed E-state index contributed by atoms with van der Waals surface area (Å²) in [6, 6.07) is 9.00. The Kier molecular flexibility index (Phi) is 7.43. The number of halogens is 3. The van der Waals surface area contributed by atoms with Gasteiger partial charge >= 0.3 is 6.18 Å². The Labute approximate surface area is 189 Å². The maximum atomic E-state index is 13.6. The predicted octanol–water partition coefficient (Wildman–Crippen LogP) is 3.93. The minimum Gasteiger partial charge on any atom is -0.368 e. The number of rotatable bonds is 7. The molecular weight excluding hydrogens is 461 g/mol. The quantitative estimate of drug-likeness (QED) is 0.620. The smallest absolute Gasteiger partial charge is 0.368 e. The first kappa shape index (κ1) is 24.7. The molecule has 178 valence electrons. The van der Waals surface area contributed by atoms with E-state index in [0.29, 0.717) is 25.5 Å². The van der Waals surface area contributed by atoms with E-state index in [1.54, 1.807) is 19.1 Å². The highest BCUT2D eigenvalue weighted by atomic mass is 32.2. The highest BCUT2D eigenvalue weighted by molar-refractivity contribution is 7.91. The highest BCUT2D eigenvalue weighted by Gasteiger charge is 2.35. The molecule has 1 aliphatic rings. The number of ether oxygens (including phenoxy) is 1.